The van der Waals surface area contributed by atoms with Gasteiger partial charge in [0.05, 0.1) is 6.33 Å². The summed E-state index contributed by atoms with van der Waals surface area (Å²) in [7, 11) is -1.99. The van der Waals surface area contributed by atoms with Gasteiger partial charge in [0.15, 0.2) is 5.03 Å². The van der Waals surface area contributed by atoms with Crippen LogP contribution >= 0.6 is 0 Å². The van der Waals surface area contributed by atoms with E-state index in [9.17, 15) is 12.8 Å². The maximum Gasteiger partial charge on any atom is 0.262 e. The van der Waals surface area contributed by atoms with Gasteiger partial charge in [0.2, 0.25) is 0 Å². The van der Waals surface area contributed by atoms with E-state index in [1.807, 2.05) is 12.1 Å². The fourth-order valence-corrected chi connectivity index (χ4v) is 5.47. The van der Waals surface area contributed by atoms with Crippen molar-refractivity contribution in [2.45, 2.75) is 36.8 Å². The molecule has 3 aromatic rings. The Kier molecular flexibility index (Phi) is 5.85. The lowest BCUT2D eigenvalue weighted by atomic mass is 9.94. The second kappa shape index (κ2) is 8.43. The molecule has 6 nitrogen and oxygen atoms in total. The van der Waals surface area contributed by atoms with Crippen molar-refractivity contribution in [2.75, 3.05) is 18.4 Å². The molecule has 4 rings (SSSR count). The van der Waals surface area contributed by atoms with Gasteiger partial charge in [0.25, 0.3) is 10.0 Å². The average Bonchev–Trinajstić information content (AvgIpc) is 3.36. The highest BCUT2D eigenvalue weighted by atomic mass is 32.2. The number of sulfonamides is 1. The van der Waals surface area contributed by atoms with Gasteiger partial charge in [-0.2, -0.15) is 4.31 Å². The number of anilines is 1. The van der Waals surface area contributed by atoms with Crippen LogP contribution in [-0.2, 0) is 17.1 Å². The van der Waals surface area contributed by atoms with Gasteiger partial charge in [-0.25, -0.2) is 17.8 Å². The number of imidazole rings is 1. The molecule has 0 amide bonds. The quantitative estimate of drug-likeness (QED) is 0.628. The molecule has 164 valence electrons. The van der Waals surface area contributed by atoms with Crippen molar-refractivity contribution in [3.05, 3.63) is 78.0 Å². The molecule has 0 unspecified atom stereocenters. The summed E-state index contributed by atoms with van der Waals surface area (Å²) in [6, 6.07) is 14.3. The lowest BCUT2D eigenvalue weighted by Gasteiger charge is -2.22. The molecule has 1 fully saturated rings. The smallest absolute Gasteiger partial charge is 0.262 e. The Balaban J connectivity index is 1.65. The van der Waals surface area contributed by atoms with Crippen LogP contribution in [0.5, 0.6) is 0 Å². The van der Waals surface area contributed by atoms with Gasteiger partial charge in [0.1, 0.15) is 5.82 Å². The predicted octanol–water partition coefficient (Wildman–Crippen LogP) is 3.95. The third-order valence-electron chi connectivity index (χ3n) is 5.78. The zero-order valence-corrected chi connectivity index (χ0v) is 18.7. The van der Waals surface area contributed by atoms with E-state index in [-0.39, 0.29) is 22.8 Å². The number of hydrogen-bond donors (Lipinski definition) is 1. The summed E-state index contributed by atoms with van der Waals surface area (Å²) in [5, 5.41) is 3.57. The highest BCUT2D eigenvalue weighted by molar-refractivity contribution is 7.89. The molecule has 2 aromatic carbocycles. The van der Waals surface area contributed by atoms with Gasteiger partial charge in [0, 0.05) is 44.0 Å². The summed E-state index contributed by atoms with van der Waals surface area (Å²) in [6.07, 6.45) is 2.99. The van der Waals surface area contributed by atoms with Crippen molar-refractivity contribution in [3.63, 3.8) is 0 Å². The fourth-order valence-electron chi connectivity index (χ4n) is 4.01. The van der Waals surface area contributed by atoms with Crippen LogP contribution in [0, 0.1) is 5.82 Å². The van der Waals surface area contributed by atoms with Crippen LogP contribution in [0.2, 0.25) is 0 Å². The molecule has 1 aromatic heterocycles. The minimum Gasteiger partial charge on any atom is -0.380 e. The average molecular weight is 443 g/mol. The molecular weight excluding hydrogens is 415 g/mol. The molecule has 31 heavy (non-hydrogen) atoms. The Morgan fingerprint density at radius 3 is 2.52 bits per heavy atom. The Hall–Kier alpha value is -2.71. The normalized spacial score (nSPS) is 19.8. The summed E-state index contributed by atoms with van der Waals surface area (Å²) in [6.45, 7) is 4.87. The molecule has 2 heterocycles. The van der Waals surface area contributed by atoms with E-state index in [2.05, 4.69) is 36.3 Å². The molecule has 8 heteroatoms. The minimum absolute atomic E-state index is 0.0373. The molecule has 0 aliphatic carbocycles. The number of aryl methyl sites for hydroxylation is 1. The van der Waals surface area contributed by atoms with Crippen LogP contribution in [0.4, 0.5) is 10.1 Å². The summed E-state index contributed by atoms with van der Waals surface area (Å²) < 4.78 is 42.9. The van der Waals surface area contributed by atoms with Crippen LogP contribution in [0.1, 0.15) is 36.8 Å². The van der Waals surface area contributed by atoms with Gasteiger partial charge >= 0.3 is 0 Å². The summed E-state index contributed by atoms with van der Waals surface area (Å²) in [5.74, 6) is -0.0464. The lowest BCUT2D eigenvalue weighted by Crippen LogP contribution is -2.32. The van der Waals surface area contributed by atoms with Gasteiger partial charge in [-0.1, -0.05) is 38.1 Å². The largest absolute Gasteiger partial charge is 0.380 e. The Bertz CT molecular complexity index is 1160. The van der Waals surface area contributed by atoms with E-state index in [4.69, 9.17) is 0 Å². The molecular formula is C23H27FN4O2S. The standard InChI is InChI=1S/C23H27FN4O2S/c1-16(2)18-5-4-6-20(11-18)26-22-13-28(31(29,30)23-14-27(3)15-25-23)12-21(22)17-7-9-19(24)10-8-17/h4-11,14-16,21-22,26H,12-13H2,1-3H3/t21-,22+/m0/s1. The second-order valence-electron chi connectivity index (χ2n) is 8.39. The fraction of sp³-hybridized carbons (Fsp3) is 0.348. The molecule has 0 saturated carbocycles. The van der Waals surface area contributed by atoms with E-state index < -0.39 is 10.0 Å². The number of nitrogens with one attached hydrogen (secondary N) is 1. The predicted molar refractivity (Wildman–Crippen MR) is 119 cm³/mol. The van der Waals surface area contributed by atoms with E-state index in [0.717, 1.165) is 11.3 Å². The molecule has 1 N–H and O–H groups in total. The van der Waals surface area contributed by atoms with Crippen molar-refractivity contribution in [3.8, 4) is 0 Å². The molecule has 1 saturated heterocycles. The van der Waals surface area contributed by atoms with Gasteiger partial charge in [-0.05, 0) is 41.3 Å². The van der Waals surface area contributed by atoms with Crippen LogP contribution in [-0.4, -0.2) is 41.4 Å². The van der Waals surface area contributed by atoms with E-state index in [0.29, 0.717) is 19.0 Å². The first-order chi connectivity index (χ1) is 14.7. The number of halogens is 1. The molecule has 1 aliphatic rings. The first kappa shape index (κ1) is 21.5. The lowest BCUT2D eigenvalue weighted by molar-refractivity contribution is 0.468. The van der Waals surface area contributed by atoms with Gasteiger partial charge in [-0.3, -0.25) is 0 Å². The van der Waals surface area contributed by atoms with Crippen LogP contribution in [0.15, 0.2) is 66.1 Å². The Labute approximate surface area is 182 Å². The zero-order chi connectivity index (χ0) is 22.2. The number of hydrogen-bond acceptors (Lipinski definition) is 4. The van der Waals surface area contributed by atoms with Crippen LogP contribution in [0.25, 0.3) is 0 Å². The Morgan fingerprint density at radius 2 is 1.87 bits per heavy atom. The van der Waals surface area contributed by atoms with Crippen molar-refractivity contribution in [1.29, 1.82) is 0 Å². The Morgan fingerprint density at radius 1 is 1.13 bits per heavy atom. The van der Waals surface area contributed by atoms with Crippen molar-refractivity contribution >= 4 is 15.7 Å². The van der Waals surface area contributed by atoms with Crippen LogP contribution < -0.4 is 5.32 Å². The monoisotopic (exact) mass is 442 g/mol. The molecule has 0 bridgehead atoms. The third kappa shape index (κ3) is 4.50. The summed E-state index contributed by atoms with van der Waals surface area (Å²) in [4.78, 5) is 4.04. The number of rotatable bonds is 6. The summed E-state index contributed by atoms with van der Waals surface area (Å²) in [5.41, 5.74) is 3.05. The zero-order valence-electron chi connectivity index (χ0n) is 17.9. The first-order valence-corrected chi connectivity index (χ1v) is 11.8. The molecule has 1 aliphatic heterocycles. The number of aromatic nitrogens is 2. The molecule has 2 atom stereocenters. The molecule has 0 radical (unpaired) electrons. The number of nitrogens with zero attached hydrogens (tertiary/aromatic N) is 3. The maximum absolute atomic E-state index is 13.5. The van der Waals surface area contributed by atoms with Crippen molar-refractivity contribution < 1.29 is 12.8 Å². The SMILES string of the molecule is CC(C)c1cccc(N[C@@H]2CN(S(=O)(=O)c3cn(C)cn3)C[C@H]2c2ccc(F)cc2)c1. The maximum atomic E-state index is 13.5. The van der Waals surface area contributed by atoms with Crippen molar-refractivity contribution in [1.82, 2.24) is 13.9 Å². The van der Waals surface area contributed by atoms with Gasteiger partial charge in [-0.15, -0.1) is 0 Å². The van der Waals surface area contributed by atoms with E-state index in [1.54, 1.807) is 23.7 Å². The van der Waals surface area contributed by atoms with Gasteiger partial charge < -0.3 is 9.88 Å². The first-order valence-electron chi connectivity index (χ1n) is 10.3. The minimum atomic E-state index is -3.73. The van der Waals surface area contributed by atoms with Crippen molar-refractivity contribution in [2.24, 2.45) is 7.05 Å². The van der Waals surface area contributed by atoms with E-state index in [1.165, 1.54) is 34.5 Å². The third-order valence-corrected chi connectivity index (χ3v) is 7.49. The summed E-state index contributed by atoms with van der Waals surface area (Å²) >= 11 is 0. The highest BCUT2D eigenvalue weighted by Crippen LogP contribution is 2.33. The highest BCUT2D eigenvalue weighted by Gasteiger charge is 2.41. The topological polar surface area (TPSA) is 67.2 Å². The second-order valence-corrected chi connectivity index (χ2v) is 10.3. The molecule has 0 spiro atoms. The number of benzene rings is 2. The van der Waals surface area contributed by atoms with Crippen LogP contribution in [0.3, 0.4) is 0 Å². The van der Waals surface area contributed by atoms with E-state index >= 15 is 0 Å².